The number of hydrazone groups is 1. The highest BCUT2D eigenvalue weighted by Crippen LogP contribution is 2.34. The van der Waals surface area contributed by atoms with Crippen LogP contribution in [0.1, 0.15) is 27.0 Å². The van der Waals surface area contributed by atoms with Crippen molar-refractivity contribution in [3.8, 4) is 11.5 Å². The van der Waals surface area contributed by atoms with Gasteiger partial charge in [0, 0.05) is 11.1 Å². The van der Waals surface area contributed by atoms with E-state index in [9.17, 15) is 4.79 Å². The van der Waals surface area contributed by atoms with Gasteiger partial charge in [-0.25, -0.2) is 5.43 Å². The lowest BCUT2D eigenvalue weighted by Crippen LogP contribution is -2.19. The first kappa shape index (κ1) is 17.8. The number of benzene rings is 3. The van der Waals surface area contributed by atoms with Gasteiger partial charge in [-0.3, -0.25) is 4.79 Å². The summed E-state index contributed by atoms with van der Waals surface area (Å²) in [7, 11) is 0. The molecule has 1 heterocycles. The first-order valence-corrected chi connectivity index (χ1v) is 9.15. The number of ether oxygens (including phenoxy) is 2. The van der Waals surface area contributed by atoms with E-state index in [1.807, 2.05) is 60.7 Å². The Morgan fingerprint density at radius 1 is 0.929 bits per heavy atom. The summed E-state index contributed by atoms with van der Waals surface area (Å²) < 4.78 is 10.8. The smallest absolute Gasteiger partial charge is 0.271 e. The zero-order valence-electron chi connectivity index (χ0n) is 15.3. The van der Waals surface area contributed by atoms with Crippen molar-refractivity contribution < 1.29 is 14.3 Å². The third-order valence-electron chi connectivity index (χ3n) is 4.58. The minimum absolute atomic E-state index is 0.196. The molecule has 1 aliphatic heterocycles. The average molecular weight is 372 g/mol. The quantitative estimate of drug-likeness (QED) is 0.526. The van der Waals surface area contributed by atoms with E-state index in [0.29, 0.717) is 17.1 Å². The average Bonchev–Trinajstić information content (AvgIpc) is 3.23. The van der Waals surface area contributed by atoms with Gasteiger partial charge in [0.05, 0.1) is 6.21 Å². The summed E-state index contributed by atoms with van der Waals surface area (Å²) in [5, 5.41) is 4.09. The molecule has 0 saturated heterocycles. The number of hydrogen-bond donors (Lipinski definition) is 1. The number of para-hydroxylation sites is 1. The van der Waals surface area contributed by atoms with Crippen LogP contribution in [0, 0.1) is 0 Å². The molecule has 0 spiro atoms. The molecule has 0 bridgehead atoms. The summed E-state index contributed by atoms with van der Waals surface area (Å²) in [5.74, 6) is 1.09. The predicted octanol–water partition coefficient (Wildman–Crippen LogP) is 3.96. The van der Waals surface area contributed by atoms with Crippen molar-refractivity contribution in [2.24, 2.45) is 5.10 Å². The van der Waals surface area contributed by atoms with Crippen LogP contribution in [0.2, 0.25) is 0 Å². The topological polar surface area (TPSA) is 59.9 Å². The van der Waals surface area contributed by atoms with Crippen molar-refractivity contribution in [1.82, 2.24) is 5.43 Å². The molecule has 4 rings (SSSR count). The van der Waals surface area contributed by atoms with Crippen LogP contribution in [-0.2, 0) is 12.8 Å². The Bertz CT molecular complexity index is 1000. The van der Waals surface area contributed by atoms with Crippen LogP contribution >= 0.6 is 0 Å². The summed E-state index contributed by atoms with van der Waals surface area (Å²) >= 11 is 0. The first-order valence-electron chi connectivity index (χ1n) is 9.15. The van der Waals surface area contributed by atoms with Gasteiger partial charge >= 0.3 is 0 Å². The largest absolute Gasteiger partial charge is 0.454 e. The molecule has 1 amide bonds. The molecule has 5 heteroatoms. The van der Waals surface area contributed by atoms with E-state index in [0.717, 1.165) is 24.0 Å². The number of carbonyl (C=O) groups excluding carboxylic acids is 1. The van der Waals surface area contributed by atoms with Crippen molar-refractivity contribution >= 4 is 12.1 Å². The Hall–Kier alpha value is -3.60. The summed E-state index contributed by atoms with van der Waals surface area (Å²) in [4.78, 5) is 12.6. The van der Waals surface area contributed by atoms with Gasteiger partial charge in [0.15, 0.2) is 11.5 Å². The van der Waals surface area contributed by atoms with Crippen molar-refractivity contribution in [3.05, 3.63) is 95.1 Å². The molecule has 5 nitrogen and oxygen atoms in total. The Morgan fingerprint density at radius 3 is 2.64 bits per heavy atom. The Kier molecular flexibility index (Phi) is 5.33. The van der Waals surface area contributed by atoms with Crippen LogP contribution in [0.4, 0.5) is 0 Å². The van der Waals surface area contributed by atoms with Gasteiger partial charge in [0.2, 0.25) is 6.79 Å². The molecule has 0 fully saturated rings. The molecule has 1 N–H and O–H groups in total. The van der Waals surface area contributed by atoms with Gasteiger partial charge < -0.3 is 9.47 Å². The Balaban J connectivity index is 1.43. The maximum Gasteiger partial charge on any atom is 0.271 e. The maximum atomic E-state index is 12.6. The highest BCUT2D eigenvalue weighted by molar-refractivity contribution is 5.96. The molecular formula is C23H20N2O3. The van der Waals surface area contributed by atoms with Crippen molar-refractivity contribution in [1.29, 1.82) is 0 Å². The minimum Gasteiger partial charge on any atom is -0.454 e. The normalized spacial score (nSPS) is 12.3. The molecule has 0 aromatic heterocycles. The third kappa shape index (κ3) is 4.04. The molecule has 0 saturated carbocycles. The monoisotopic (exact) mass is 372 g/mol. The van der Waals surface area contributed by atoms with Crippen molar-refractivity contribution in [3.63, 3.8) is 0 Å². The predicted molar refractivity (Wildman–Crippen MR) is 108 cm³/mol. The van der Waals surface area contributed by atoms with E-state index in [2.05, 4.69) is 22.7 Å². The molecule has 3 aromatic rings. The van der Waals surface area contributed by atoms with E-state index >= 15 is 0 Å². The molecule has 1 aliphatic rings. The standard InChI is InChI=1S/C23H20N2O3/c26-23(25-24-15-19-10-6-12-21-22(19)28-16-27-21)20-11-5-4-9-18(20)14-13-17-7-2-1-3-8-17/h1-12,15H,13-14,16H2,(H,25,26). The zero-order valence-corrected chi connectivity index (χ0v) is 15.3. The lowest BCUT2D eigenvalue weighted by Gasteiger charge is -2.08. The second-order valence-corrected chi connectivity index (χ2v) is 6.42. The summed E-state index contributed by atoms with van der Waals surface area (Å²) in [6, 6.07) is 23.4. The number of hydrogen-bond acceptors (Lipinski definition) is 4. The molecule has 0 radical (unpaired) electrons. The number of amides is 1. The van der Waals surface area contributed by atoms with E-state index in [1.54, 1.807) is 6.21 Å². The molecule has 0 unspecified atom stereocenters. The highest BCUT2D eigenvalue weighted by Gasteiger charge is 2.16. The molecular weight excluding hydrogens is 352 g/mol. The SMILES string of the molecule is O=C(NN=Cc1cccc2c1OCO2)c1ccccc1CCc1ccccc1. The van der Waals surface area contributed by atoms with Crippen LogP contribution in [-0.4, -0.2) is 18.9 Å². The van der Waals surface area contributed by atoms with Crippen LogP contribution in [0.5, 0.6) is 11.5 Å². The number of aryl methyl sites for hydroxylation is 2. The molecule has 140 valence electrons. The maximum absolute atomic E-state index is 12.6. The van der Waals surface area contributed by atoms with E-state index < -0.39 is 0 Å². The molecule has 3 aromatic carbocycles. The van der Waals surface area contributed by atoms with Gasteiger partial charge in [-0.1, -0.05) is 54.6 Å². The van der Waals surface area contributed by atoms with Crippen LogP contribution in [0.25, 0.3) is 0 Å². The lowest BCUT2D eigenvalue weighted by atomic mass is 9.99. The highest BCUT2D eigenvalue weighted by atomic mass is 16.7. The Morgan fingerprint density at radius 2 is 1.75 bits per heavy atom. The minimum atomic E-state index is -0.232. The van der Waals surface area contributed by atoms with E-state index in [-0.39, 0.29) is 12.7 Å². The Labute approximate surface area is 163 Å². The third-order valence-corrected chi connectivity index (χ3v) is 4.58. The van der Waals surface area contributed by atoms with Crippen LogP contribution in [0.15, 0.2) is 77.9 Å². The van der Waals surface area contributed by atoms with Gasteiger partial charge in [-0.15, -0.1) is 0 Å². The van der Waals surface area contributed by atoms with Crippen molar-refractivity contribution in [2.75, 3.05) is 6.79 Å². The van der Waals surface area contributed by atoms with Gasteiger partial charge in [-0.2, -0.15) is 5.10 Å². The van der Waals surface area contributed by atoms with Crippen molar-refractivity contribution in [2.45, 2.75) is 12.8 Å². The summed E-state index contributed by atoms with van der Waals surface area (Å²) in [6.45, 7) is 0.196. The number of nitrogens with zero attached hydrogens (tertiary/aromatic N) is 1. The zero-order chi connectivity index (χ0) is 19.2. The van der Waals surface area contributed by atoms with E-state index in [1.165, 1.54) is 5.56 Å². The second kappa shape index (κ2) is 8.39. The molecule has 28 heavy (non-hydrogen) atoms. The first-order chi connectivity index (χ1) is 13.8. The number of fused-ring (bicyclic) bond motifs is 1. The van der Waals surface area contributed by atoms with Crippen LogP contribution in [0.3, 0.4) is 0 Å². The fourth-order valence-electron chi connectivity index (χ4n) is 3.16. The fraction of sp³-hybridized carbons (Fsp3) is 0.130. The fourth-order valence-corrected chi connectivity index (χ4v) is 3.16. The molecule has 0 aliphatic carbocycles. The summed E-state index contributed by atoms with van der Waals surface area (Å²) in [6.07, 6.45) is 3.23. The van der Waals surface area contributed by atoms with Gasteiger partial charge in [0.1, 0.15) is 0 Å². The lowest BCUT2D eigenvalue weighted by molar-refractivity contribution is 0.0954. The van der Waals surface area contributed by atoms with Gasteiger partial charge in [-0.05, 0) is 42.2 Å². The van der Waals surface area contributed by atoms with E-state index in [4.69, 9.17) is 9.47 Å². The second-order valence-electron chi connectivity index (χ2n) is 6.42. The van der Waals surface area contributed by atoms with Gasteiger partial charge in [0.25, 0.3) is 5.91 Å². The summed E-state index contributed by atoms with van der Waals surface area (Å²) in [5.41, 5.74) is 6.24. The molecule has 0 atom stereocenters. The van der Waals surface area contributed by atoms with Crippen LogP contribution < -0.4 is 14.9 Å². The number of nitrogens with one attached hydrogen (secondary N) is 1. The number of carbonyl (C=O) groups is 1. The number of rotatable bonds is 6.